The number of hydrogen-bond donors (Lipinski definition) is 4. The van der Waals surface area contributed by atoms with E-state index in [-0.39, 0.29) is 11.6 Å². The molecule has 22 heavy (non-hydrogen) atoms. The number of aryl methyl sites for hydroxylation is 1. The molecule has 2 aromatic rings. The maximum atomic E-state index is 11.8. The lowest BCUT2D eigenvalue weighted by Gasteiger charge is -2.20. The van der Waals surface area contributed by atoms with Gasteiger partial charge in [0.05, 0.1) is 6.61 Å². The molecule has 0 spiro atoms. The average Bonchev–Trinajstić information content (AvgIpc) is 2.89. The molecule has 3 atom stereocenters. The minimum atomic E-state index is -1.71. The molecule has 0 amide bonds. The van der Waals surface area contributed by atoms with Crippen LogP contribution >= 0.6 is 0 Å². The van der Waals surface area contributed by atoms with E-state index in [0.717, 1.165) is 10.6 Å². The lowest BCUT2D eigenvalue weighted by Crippen LogP contribution is -2.36. The molecule has 2 aromatic heterocycles. The number of hydrogen-bond acceptors (Lipinski definition) is 8. The molecule has 0 aromatic carbocycles. The van der Waals surface area contributed by atoms with Crippen LogP contribution in [0.4, 0.5) is 0 Å². The van der Waals surface area contributed by atoms with E-state index in [9.17, 15) is 24.9 Å². The van der Waals surface area contributed by atoms with Crippen LogP contribution < -0.4 is 5.56 Å². The van der Waals surface area contributed by atoms with Gasteiger partial charge in [-0.3, -0.25) is 14.0 Å². The quantitative estimate of drug-likeness (QED) is 0.488. The second-order valence-electron chi connectivity index (χ2n) is 4.86. The number of carbonyl (C=O) groups is 1. The van der Waals surface area contributed by atoms with Crippen molar-refractivity contribution in [1.82, 2.24) is 19.2 Å². The molecule has 0 radical (unpaired) electrons. The molecule has 2 heterocycles. The zero-order valence-electron chi connectivity index (χ0n) is 11.9. The normalized spacial score (nSPS) is 15.7. The molecule has 0 unspecified atom stereocenters. The summed E-state index contributed by atoms with van der Waals surface area (Å²) in [5.74, 6) is -0.862. The topological polar surface area (TPSA) is 150 Å². The fourth-order valence-corrected chi connectivity index (χ4v) is 2.14. The lowest BCUT2D eigenvalue weighted by molar-refractivity contribution is -0.0806. The smallest absolute Gasteiger partial charge is 0.261 e. The summed E-state index contributed by atoms with van der Waals surface area (Å²) in [6.45, 7) is 1.95. The first-order valence-electron chi connectivity index (χ1n) is 6.43. The summed E-state index contributed by atoms with van der Waals surface area (Å²) >= 11 is 0. The van der Waals surface area contributed by atoms with Crippen LogP contribution in [-0.2, 0) is 0 Å². The Bertz CT molecular complexity index is 767. The molecule has 0 fully saturated rings. The highest BCUT2D eigenvalue weighted by molar-refractivity contribution is 5.79. The number of carbonyl (C=O) groups excluding carboxylic acids is 1. The molecule has 0 saturated heterocycles. The van der Waals surface area contributed by atoms with Crippen LogP contribution in [0.5, 0.6) is 0 Å². The van der Waals surface area contributed by atoms with Gasteiger partial charge in [0.2, 0.25) is 11.7 Å². The second-order valence-corrected chi connectivity index (χ2v) is 4.86. The summed E-state index contributed by atoms with van der Waals surface area (Å²) in [6.07, 6.45) is -4.97. The minimum Gasteiger partial charge on any atom is -0.394 e. The minimum absolute atomic E-state index is 0.114. The Morgan fingerprint density at radius 2 is 1.95 bits per heavy atom. The summed E-state index contributed by atoms with van der Waals surface area (Å²) in [5.41, 5.74) is -0.260. The van der Waals surface area contributed by atoms with E-state index in [1.54, 1.807) is 0 Å². The summed E-state index contributed by atoms with van der Waals surface area (Å²) in [4.78, 5) is 23.4. The van der Waals surface area contributed by atoms with Crippen molar-refractivity contribution in [3.63, 3.8) is 0 Å². The molecular formula is C12H16N4O6. The maximum Gasteiger partial charge on any atom is 0.261 e. The Labute approximate surface area is 123 Å². The third-order valence-electron chi connectivity index (χ3n) is 3.26. The highest BCUT2D eigenvalue weighted by atomic mass is 16.4. The number of aliphatic hydroxyl groups excluding tert-OH is 4. The lowest BCUT2D eigenvalue weighted by atomic mass is 10.1. The predicted molar refractivity (Wildman–Crippen MR) is 72.3 cm³/mol. The van der Waals surface area contributed by atoms with Gasteiger partial charge in [-0.2, -0.15) is 0 Å². The Hall–Kier alpha value is -2.14. The maximum absolute atomic E-state index is 11.8. The van der Waals surface area contributed by atoms with E-state index in [4.69, 9.17) is 5.11 Å². The average molecular weight is 312 g/mol. The van der Waals surface area contributed by atoms with Gasteiger partial charge < -0.3 is 20.4 Å². The Morgan fingerprint density at radius 1 is 1.32 bits per heavy atom. The second kappa shape index (κ2) is 5.93. The molecule has 0 aliphatic rings. The van der Waals surface area contributed by atoms with Crippen molar-refractivity contribution in [1.29, 1.82) is 0 Å². The van der Waals surface area contributed by atoms with Crippen LogP contribution in [0.1, 0.15) is 29.3 Å². The van der Waals surface area contributed by atoms with Crippen molar-refractivity contribution < 1.29 is 25.2 Å². The van der Waals surface area contributed by atoms with E-state index in [1.807, 2.05) is 0 Å². The molecule has 0 aliphatic heterocycles. The first-order valence-corrected chi connectivity index (χ1v) is 6.43. The van der Waals surface area contributed by atoms with Crippen molar-refractivity contribution in [3.8, 4) is 0 Å². The standard InChI is InChI=1S/C12H16N4O6/c1-5-3-8(20)16(6(2)18)12-14-13-11(15(5)12)10(22)9(21)7(19)4-17/h3,7,9-10,17,19,21-22H,4H2,1-2H3/t7-,9-,10-/m1/s1. The molecule has 0 aliphatic carbocycles. The van der Waals surface area contributed by atoms with Gasteiger partial charge >= 0.3 is 0 Å². The van der Waals surface area contributed by atoms with Gasteiger partial charge in [-0.25, -0.2) is 4.57 Å². The number of rotatable bonds is 4. The monoisotopic (exact) mass is 312 g/mol. The summed E-state index contributed by atoms with van der Waals surface area (Å²) in [5, 5.41) is 45.4. The molecule has 0 bridgehead atoms. The Balaban J connectivity index is 2.66. The third kappa shape index (κ3) is 2.52. The van der Waals surface area contributed by atoms with Gasteiger partial charge in [0.1, 0.15) is 18.3 Å². The molecule has 120 valence electrons. The highest BCUT2D eigenvalue weighted by Gasteiger charge is 2.30. The first-order chi connectivity index (χ1) is 10.3. The highest BCUT2D eigenvalue weighted by Crippen LogP contribution is 2.19. The SMILES string of the molecule is CC(=O)n1c(=O)cc(C)n2c([C@H](O)[C@H](O)[C@H](O)CO)nnc12. The molecular weight excluding hydrogens is 296 g/mol. The van der Waals surface area contributed by atoms with Crippen LogP contribution in [0.15, 0.2) is 10.9 Å². The zero-order chi connectivity index (χ0) is 16.6. The van der Waals surface area contributed by atoms with Crippen molar-refractivity contribution in [2.45, 2.75) is 32.2 Å². The van der Waals surface area contributed by atoms with Gasteiger partial charge in [0.25, 0.3) is 5.56 Å². The molecule has 10 heteroatoms. The van der Waals surface area contributed by atoms with E-state index in [2.05, 4.69) is 10.2 Å². The predicted octanol–water partition coefficient (Wildman–Crippen LogP) is -2.39. The Morgan fingerprint density at radius 3 is 2.50 bits per heavy atom. The van der Waals surface area contributed by atoms with Crippen molar-refractivity contribution >= 4 is 11.7 Å². The third-order valence-corrected chi connectivity index (χ3v) is 3.26. The first kappa shape index (κ1) is 16.2. The van der Waals surface area contributed by atoms with Gasteiger partial charge in [-0.05, 0) is 6.92 Å². The van der Waals surface area contributed by atoms with Crippen molar-refractivity contribution in [2.24, 2.45) is 0 Å². The van der Waals surface area contributed by atoms with E-state index in [0.29, 0.717) is 5.69 Å². The molecule has 10 nitrogen and oxygen atoms in total. The van der Waals surface area contributed by atoms with Crippen LogP contribution in [0.2, 0.25) is 0 Å². The van der Waals surface area contributed by atoms with E-state index in [1.165, 1.54) is 18.2 Å². The van der Waals surface area contributed by atoms with E-state index < -0.39 is 36.4 Å². The van der Waals surface area contributed by atoms with Gasteiger partial charge in [0, 0.05) is 18.7 Å². The fraction of sp³-hybridized carbons (Fsp3) is 0.500. The largest absolute Gasteiger partial charge is 0.394 e. The van der Waals surface area contributed by atoms with Gasteiger partial charge in [0.15, 0.2) is 5.82 Å². The van der Waals surface area contributed by atoms with Gasteiger partial charge in [-0.1, -0.05) is 0 Å². The Kier molecular flexibility index (Phi) is 4.37. The van der Waals surface area contributed by atoms with Crippen molar-refractivity contribution in [3.05, 3.63) is 27.9 Å². The van der Waals surface area contributed by atoms with Crippen molar-refractivity contribution in [2.75, 3.05) is 6.61 Å². The molecule has 4 N–H and O–H groups in total. The number of fused-ring (bicyclic) bond motifs is 1. The van der Waals surface area contributed by atoms with Crippen LogP contribution in [0.25, 0.3) is 5.78 Å². The summed E-state index contributed by atoms with van der Waals surface area (Å²) in [7, 11) is 0. The number of nitrogens with zero attached hydrogens (tertiary/aromatic N) is 4. The zero-order valence-corrected chi connectivity index (χ0v) is 11.9. The number of aromatic nitrogens is 4. The summed E-state index contributed by atoms with van der Waals surface area (Å²) in [6, 6.07) is 1.16. The fourth-order valence-electron chi connectivity index (χ4n) is 2.14. The summed E-state index contributed by atoms with van der Waals surface area (Å²) < 4.78 is 1.99. The van der Waals surface area contributed by atoms with Crippen LogP contribution in [0, 0.1) is 6.92 Å². The van der Waals surface area contributed by atoms with E-state index >= 15 is 0 Å². The van der Waals surface area contributed by atoms with Crippen LogP contribution in [0.3, 0.4) is 0 Å². The number of aliphatic hydroxyl groups is 4. The molecule has 2 rings (SSSR count). The van der Waals surface area contributed by atoms with Gasteiger partial charge in [-0.15, -0.1) is 10.2 Å². The molecule has 0 saturated carbocycles. The van der Waals surface area contributed by atoms with Crippen LogP contribution in [-0.4, -0.2) is 64.3 Å².